The average molecular weight is 320 g/mol. The van der Waals surface area contributed by atoms with Gasteiger partial charge in [-0.1, -0.05) is 6.92 Å². The summed E-state index contributed by atoms with van der Waals surface area (Å²) in [5.74, 6) is 0.0793. The van der Waals surface area contributed by atoms with Crippen LogP contribution in [-0.4, -0.2) is 54.5 Å². The number of benzene rings is 1. The molecule has 1 amide bonds. The molecule has 1 N–H and O–H groups in total. The Morgan fingerprint density at radius 1 is 1.26 bits per heavy atom. The van der Waals surface area contributed by atoms with Crippen LogP contribution < -0.4 is 10.2 Å². The predicted octanol–water partition coefficient (Wildman–Crippen LogP) is 1.63. The fourth-order valence-corrected chi connectivity index (χ4v) is 2.71. The largest absolute Gasteiger partial charge is 0.369 e. The number of hydrogen-bond acceptors (Lipinski definition) is 5. The molecule has 23 heavy (non-hydrogen) atoms. The molecule has 1 saturated heterocycles. The van der Waals surface area contributed by atoms with Gasteiger partial charge in [-0.15, -0.1) is 0 Å². The van der Waals surface area contributed by atoms with Crippen molar-refractivity contribution >= 4 is 17.3 Å². The summed E-state index contributed by atoms with van der Waals surface area (Å²) in [4.78, 5) is 26.7. The van der Waals surface area contributed by atoms with Crippen LogP contribution in [0, 0.1) is 10.1 Å². The summed E-state index contributed by atoms with van der Waals surface area (Å²) in [6, 6.07) is 6.50. The third-order valence-corrected chi connectivity index (χ3v) is 4.22. The highest BCUT2D eigenvalue weighted by molar-refractivity contribution is 5.81. The van der Waals surface area contributed by atoms with Gasteiger partial charge in [-0.05, 0) is 25.5 Å². The SMILES string of the molecule is CCCNC(=O)C(C)N1CCN(c2ccc([N+](=O)[O-])cc2)CC1. The molecule has 1 unspecified atom stereocenters. The zero-order valence-electron chi connectivity index (χ0n) is 13.7. The molecule has 7 nitrogen and oxygen atoms in total. The van der Waals surface area contributed by atoms with Crippen LogP contribution in [0.3, 0.4) is 0 Å². The van der Waals surface area contributed by atoms with Crippen molar-refractivity contribution in [3.8, 4) is 0 Å². The lowest BCUT2D eigenvalue weighted by Gasteiger charge is -2.38. The van der Waals surface area contributed by atoms with Crippen LogP contribution in [0.4, 0.5) is 11.4 Å². The second-order valence-electron chi connectivity index (χ2n) is 5.76. The fraction of sp³-hybridized carbons (Fsp3) is 0.562. The van der Waals surface area contributed by atoms with Crippen molar-refractivity contribution in [2.45, 2.75) is 26.3 Å². The van der Waals surface area contributed by atoms with E-state index in [1.165, 1.54) is 12.1 Å². The molecule has 1 atom stereocenters. The van der Waals surface area contributed by atoms with Crippen molar-refractivity contribution in [3.05, 3.63) is 34.4 Å². The summed E-state index contributed by atoms with van der Waals surface area (Å²) >= 11 is 0. The molecule has 0 aliphatic carbocycles. The van der Waals surface area contributed by atoms with Gasteiger partial charge in [0, 0.05) is 50.5 Å². The molecule has 1 heterocycles. The zero-order chi connectivity index (χ0) is 16.8. The standard InChI is InChI=1S/C16H24N4O3/c1-3-8-17-16(21)13(2)18-9-11-19(12-10-18)14-4-6-15(7-5-14)20(22)23/h4-7,13H,3,8-12H2,1-2H3,(H,17,21). The minimum Gasteiger partial charge on any atom is -0.369 e. The maximum atomic E-state index is 12.0. The number of non-ortho nitro benzene ring substituents is 1. The molecule has 1 aliphatic rings. The minimum absolute atomic E-state index is 0.0793. The summed E-state index contributed by atoms with van der Waals surface area (Å²) < 4.78 is 0. The van der Waals surface area contributed by atoms with E-state index in [-0.39, 0.29) is 17.6 Å². The van der Waals surface area contributed by atoms with E-state index in [1.807, 2.05) is 13.8 Å². The highest BCUT2D eigenvalue weighted by Crippen LogP contribution is 2.21. The summed E-state index contributed by atoms with van der Waals surface area (Å²) in [5.41, 5.74) is 1.09. The van der Waals surface area contributed by atoms with Crippen molar-refractivity contribution in [1.82, 2.24) is 10.2 Å². The number of amides is 1. The Hall–Kier alpha value is -2.15. The lowest BCUT2D eigenvalue weighted by molar-refractivity contribution is -0.384. The minimum atomic E-state index is -0.391. The Bertz CT molecular complexity index is 539. The van der Waals surface area contributed by atoms with Gasteiger partial charge in [0.05, 0.1) is 11.0 Å². The maximum absolute atomic E-state index is 12.0. The van der Waals surface area contributed by atoms with E-state index < -0.39 is 4.92 Å². The lowest BCUT2D eigenvalue weighted by atomic mass is 10.2. The smallest absolute Gasteiger partial charge is 0.269 e. The molecule has 0 radical (unpaired) electrons. The molecule has 2 rings (SSSR count). The molecule has 0 aromatic heterocycles. The van der Waals surface area contributed by atoms with Crippen LogP contribution in [0.1, 0.15) is 20.3 Å². The maximum Gasteiger partial charge on any atom is 0.269 e. The number of rotatable bonds is 6. The summed E-state index contributed by atoms with van der Waals surface area (Å²) in [6.45, 7) is 7.91. The Morgan fingerprint density at radius 3 is 2.39 bits per heavy atom. The van der Waals surface area contributed by atoms with Gasteiger partial charge in [0.2, 0.25) is 5.91 Å². The number of nitrogens with zero attached hydrogens (tertiary/aromatic N) is 3. The molecule has 0 spiro atoms. The molecule has 0 bridgehead atoms. The van der Waals surface area contributed by atoms with Crippen LogP contribution in [0.15, 0.2) is 24.3 Å². The van der Waals surface area contributed by atoms with E-state index in [0.29, 0.717) is 6.54 Å². The number of nitro benzene ring substituents is 1. The molecule has 7 heteroatoms. The average Bonchev–Trinajstić information content (AvgIpc) is 2.59. The number of nitrogens with one attached hydrogen (secondary N) is 1. The Morgan fingerprint density at radius 2 is 1.87 bits per heavy atom. The molecule has 1 aromatic carbocycles. The van der Waals surface area contributed by atoms with E-state index in [1.54, 1.807) is 12.1 Å². The van der Waals surface area contributed by atoms with Crippen molar-refractivity contribution in [2.24, 2.45) is 0 Å². The second kappa shape index (κ2) is 7.92. The molecular weight excluding hydrogens is 296 g/mol. The number of piperazine rings is 1. The van der Waals surface area contributed by atoms with Gasteiger partial charge in [0.1, 0.15) is 0 Å². The monoisotopic (exact) mass is 320 g/mol. The predicted molar refractivity (Wildman–Crippen MR) is 89.6 cm³/mol. The number of nitro groups is 1. The van der Waals surface area contributed by atoms with Crippen molar-refractivity contribution < 1.29 is 9.72 Å². The van der Waals surface area contributed by atoms with Gasteiger partial charge in [0.15, 0.2) is 0 Å². The van der Waals surface area contributed by atoms with E-state index >= 15 is 0 Å². The van der Waals surface area contributed by atoms with Crippen molar-refractivity contribution in [2.75, 3.05) is 37.6 Å². The third-order valence-electron chi connectivity index (χ3n) is 4.22. The highest BCUT2D eigenvalue weighted by atomic mass is 16.6. The Labute approximate surface area is 136 Å². The van der Waals surface area contributed by atoms with E-state index in [2.05, 4.69) is 15.1 Å². The van der Waals surface area contributed by atoms with Crippen LogP contribution >= 0.6 is 0 Å². The van der Waals surface area contributed by atoms with E-state index in [9.17, 15) is 14.9 Å². The number of carbonyl (C=O) groups excluding carboxylic acids is 1. The molecule has 126 valence electrons. The highest BCUT2D eigenvalue weighted by Gasteiger charge is 2.25. The van der Waals surface area contributed by atoms with Crippen LogP contribution in [0.5, 0.6) is 0 Å². The number of anilines is 1. The van der Waals surface area contributed by atoms with Gasteiger partial charge in [-0.3, -0.25) is 19.8 Å². The van der Waals surface area contributed by atoms with Crippen LogP contribution in [-0.2, 0) is 4.79 Å². The quantitative estimate of drug-likeness (QED) is 0.637. The van der Waals surface area contributed by atoms with Crippen LogP contribution in [0.25, 0.3) is 0 Å². The van der Waals surface area contributed by atoms with Gasteiger partial charge in [0.25, 0.3) is 5.69 Å². The van der Waals surface area contributed by atoms with Crippen LogP contribution in [0.2, 0.25) is 0 Å². The molecule has 1 aromatic rings. The third kappa shape index (κ3) is 4.41. The lowest BCUT2D eigenvalue weighted by Crippen LogP contribution is -2.54. The Balaban J connectivity index is 1.88. The molecular formula is C16H24N4O3. The zero-order valence-corrected chi connectivity index (χ0v) is 13.7. The summed E-state index contributed by atoms with van der Waals surface area (Å²) in [6.07, 6.45) is 0.937. The van der Waals surface area contributed by atoms with Gasteiger partial charge in [-0.2, -0.15) is 0 Å². The normalized spacial score (nSPS) is 16.9. The first kappa shape index (κ1) is 17.2. The first-order valence-corrected chi connectivity index (χ1v) is 8.04. The van der Waals surface area contributed by atoms with E-state index in [0.717, 1.165) is 38.3 Å². The fourth-order valence-electron chi connectivity index (χ4n) is 2.71. The second-order valence-corrected chi connectivity index (χ2v) is 5.76. The number of hydrogen-bond donors (Lipinski definition) is 1. The molecule has 1 aliphatic heterocycles. The molecule has 1 fully saturated rings. The topological polar surface area (TPSA) is 78.7 Å². The van der Waals surface area contributed by atoms with Gasteiger partial charge < -0.3 is 10.2 Å². The Kier molecular flexibility index (Phi) is 5.92. The summed E-state index contributed by atoms with van der Waals surface area (Å²) in [7, 11) is 0. The van der Waals surface area contributed by atoms with Gasteiger partial charge in [-0.25, -0.2) is 0 Å². The van der Waals surface area contributed by atoms with E-state index in [4.69, 9.17) is 0 Å². The first-order chi connectivity index (χ1) is 11.0. The van der Waals surface area contributed by atoms with Crippen molar-refractivity contribution in [1.29, 1.82) is 0 Å². The molecule has 0 saturated carbocycles. The van der Waals surface area contributed by atoms with Crippen molar-refractivity contribution in [3.63, 3.8) is 0 Å². The first-order valence-electron chi connectivity index (χ1n) is 8.04. The van der Waals surface area contributed by atoms with Gasteiger partial charge >= 0.3 is 0 Å². The number of carbonyl (C=O) groups is 1. The summed E-state index contributed by atoms with van der Waals surface area (Å²) in [5, 5.41) is 13.6.